The summed E-state index contributed by atoms with van der Waals surface area (Å²) in [6.45, 7) is 9.43. The van der Waals surface area contributed by atoms with Crippen LogP contribution in [0.15, 0.2) is 0 Å². The number of amides is 2. The highest BCUT2D eigenvalue weighted by Crippen LogP contribution is 2.15. The number of hydrogen-bond donors (Lipinski definition) is 1. The largest absolute Gasteiger partial charge is 0.379 e. The molecular weight excluding hydrogens is 244 g/mol. The van der Waals surface area contributed by atoms with Crippen LogP contribution >= 0.6 is 0 Å². The fourth-order valence-electron chi connectivity index (χ4n) is 2.30. The Balaban J connectivity index is 2.43. The predicted molar refractivity (Wildman–Crippen MR) is 73.7 cm³/mol. The van der Waals surface area contributed by atoms with Crippen LogP contribution in [0, 0.1) is 5.92 Å². The van der Waals surface area contributed by atoms with Gasteiger partial charge in [0.15, 0.2) is 0 Å². The van der Waals surface area contributed by atoms with E-state index in [4.69, 9.17) is 4.74 Å². The molecule has 1 fully saturated rings. The van der Waals surface area contributed by atoms with E-state index in [2.05, 4.69) is 5.32 Å². The van der Waals surface area contributed by atoms with E-state index < -0.39 is 0 Å². The molecule has 1 atom stereocenters. The second kappa shape index (κ2) is 7.48. The van der Waals surface area contributed by atoms with E-state index in [1.165, 1.54) is 0 Å². The van der Waals surface area contributed by atoms with Gasteiger partial charge in [0.2, 0.25) is 11.8 Å². The molecule has 2 amide bonds. The van der Waals surface area contributed by atoms with E-state index in [1.54, 1.807) is 4.90 Å². The highest BCUT2D eigenvalue weighted by molar-refractivity contribution is 5.94. The maximum Gasteiger partial charge on any atom is 0.243 e. The normalized spacial score (nSPS) is 20.3. The average molecular weight is 270 g/mol. The summed E-state index contributed by atoms with van der Waals surface area (Å²) in [4.78, 5) is 25.5. The molecular formula is C14H26N2O3. The van der Waals surface area contributed by atoms with Crippen LogP contribution in [-0.2, 0) is 14.3 Å². The smallest absolute Gasteiger partial charge is 0.243 e. The van der Waals surface area contributed by atoms with Crippen LogP contribution in [0.1, 0.15) is 40.5 Å². The number of carbonyl (C=O) groups excluding carboxylic acids is 2. The zero-order chi connectivity index (χ0) is 14.4. The molecule has 1 aliphatic heterocycles. The van der Waals surface area contributed by atoms with Gasteiger partial charge in [0, 0.05) is 13.2 Å². The summed E-state index contributed by atoms with van der Waals surface area (Å²) in [7, 11) is 0. The van der Waals surface area contributed by atoms with Crippen LogP contribution < -0.4 is 5.32 Å². The number of unbranched alkanes of at least 4 members (excludes halogenated alkanes) is 1. The SMILES string of the molecule is CC(C)OCCCCN1C(=O)CNC(=O)C1C(C)C. The summed E-state index contributed by atoms with van der Waals surface area (Å²) in [5, 5.41) is 2.65. The quantitative estimate of drug-likeness (QED) is 0.707. The third kappa shape index (κ3) is 4.82. The number of rotatable bonds is 7. The second-order valence-corrected chi connectivity index (χ2v) is 5.62. The molecule has 0 aromatic heterocycles. The van der Waals surface area contributed by atoms with Crippen LogP contribution in [0.25, 0.3) is 0 Å². The Morgan fingerprint density at radius 1 is 1.26 bits per heavy atom. The zero-order valence-electron chi connectivity index (χ0n) is 12.4. The molecule has 1 heterocycles. The molecule has 0 saturated carbocycles. The topological polar surface area (TPSA) is 58.6 Å². The molecule has 0 aliphatic carbocycles. The number of piperazine rings is 1. The van der Waals surface area contributed by atoms with Gasteiger partial charge >= 0.3 is 0 Å². The van der Waals surface area contributed by atoms with Crippen molar-refractivity contribution in [1.29, 1.82) is 0 Å². The molecule has 1 unspecified atom stereocenters. The van der Waals surface area contributed by atoms with Crippen molar-refractivity contribution in [2.45, 2.75) is 52.7 Å². The molecule has 5 nitrogen and oxygen atoms in total. The minimum atomic E-state index is -0.327. The summed E-state index contributed by atoms with van der Waals surface area (Å²) in [6.07, 6.45) is 2.02. The molecule has 0 aromatic rings. The Kier molecular flexibility index (Phi) is 6.28. The molecule has 0 bridgehead atoms. The van der Waals surface area contributed by atoms with Crippen molar-refractivity contribution < 1.29 is 14.3 Å². The van der Waals surface area contributed by atoms with Crippen molar-refractivity contribution in [2.24, 2.45) is 5.92 Å². The van der Waals surface area contributed by atoms with Gasteiger partial charge in [-0.25, -0.2) is 0 Å². The third-order valence-corrected chi connectivity index (χ3v) is 3.21. The summed E-state index contributed by atoms with van der Waals surface area (Å²) in [5.74, 6) is 0.118. The number of hydrogen-bond acceptors (Lipinski definition) is 3. The fraction of sp³-hybridized carbons (Fsp3) is 0.857. The molecule has 1 saturated heterocycles. The number of ether oxygens (including phenoxy) is 1. The Labute approximate surface area is 115 Å². The van der Waals surface area contributed by atoms with E-state index in [-0.39, 0.29) is 36.4 Å². The van der Waals surface area contributed by atoms with Gasteiger partial charge in [-0.1, -0.05) is 13.8 Å². The van der Waals surface area contributed by atoms with Gasteiger partial charge in [0.1, 0.15) is 6.04 Å². The van der Waals surface area contributed by atoms with Gasteiger partial charge in [0.05, 0.1) is 12.6 Å². The van der Waals surface area contributed by atoms with Gasteiger partial charge < -0.3 is 15.0 Å². The van der Waals surface area contributed by atoms with Gasteiger partial charge in [-0.15, -0.1) is 0 Å². The van der Waals surface area contributed by atoms with Crippen LogP contribution in [0.4, 0.5) is 0 Å². The van der Waals surface area contributed by atoms with Crippen LogP contribution in [0.2, 0.25) is 0 Å². The first-order valence-corrected chi connectivity index (χ1v) is 7.12. The Hall–Kier alpha value is -1.10. The molecule has 1 rings (SSSR count). The van der Waals surface area contributed by atoms with E-state index in [0.717, 1.165) is 12.8 Å². The van der Waals surface area contributed by atoms with Crippen LogP contribution in [0.5, 0.6) is 0 Å². The Morgan fingerprint density at radius 2 is 1.95 bits per heavy atom. The highest BCUT2D eigenvalue weighted by Gasteiger charge is 2.35. The first kappa shape index (κ1) is 16.0. The van der Waals surface area contributed by atoms with Crippen molar-refractivity contribution in [1.82, 2.24) is 10.2 Å². The fourth-order valence-corrected chi connectivity index (χ4v) is 2.30. The summed E-state index contributed by atoms with van der Waals surface area (Å²) in [6, 6.07) is -0.327. The first-order valence-electron chi connectivity index (χ1n) is 7.12. The third-order valence-electron chi connectivity index (χ3n) is 3.21. The minimum Gasteiger partial charge on any atom is -0.379 e. The van der Waals surface area contributed by atoms with Gasteiger partial charge in [0.25, 0.3) is 0 Å². The van der Waals surface area contributed by atoms with Crippen molar-refractivity contribution in [3.63, 3.8) is 0 Å². The molecule has 1 aliphatic rings. The summed E-state index contributed by atoms with van der Waals surface area (Å²) >= 11 is 0. The van der Waals surface area contributed by atoms with Gasteiger partial charge in [-0.05, 0) is 32.6 Å². The lowest BCUT2D eigenvalue weighted by Gasteiger charge is -2.37. The lowest BCUT2D eigenvalue weighted by atomic mass is 9.99. The van der Waals surface area contributed by atoms with Crippen molar-refractivity contribution in [3.05, 3.63) is 0 Å². The van der Waals surface area contributed by atoms with E-state index >= 15 is 0 Å². The lowest BCUT2D eigenvalue weighted by molar-refractivity contribution is -0.147. The van der Waals surface area contributed by atoms with E-state index in [0.29, 0.717) is 13.2 Å². The predicted octanol–water partition coefficient (Wildman–Crippen LogP) is 1.17. The van der Waals surface area contributed by atoms with Crippen molar-refractivity contribution in [2.75, 3.05) is 19.7 Å². The Bertz CT molecular complexity index is 316. The van der Waals surface area contributed by atoms with Gasteiger partial charge in [-0.2, -0.15) is 0 Å². The van der Waals surface area contributed by atoms with Crippen LogP contribution in [0.3, 0.4) is 0 Å². The molecule has 0 aromatic carbocycles. The first-order chi connectivity index (χ1) is 8.93. The monoisotopic (exact) mass is 270 g/mol. The summed E-state index contributed by atoms with van der Waals surface area (Å²) < 4.78 is 5.47. The van der Waals surface area contributed by atoms with Crippen molar-refractivity contribution in [3.8, 4) is 0 Å². The highest BCUT2D eigenvalue weighted by atomic mass is 16.5. The standard InChI is InChI=1S/C14H26N2O3/c1-10(2)13-14(18)15-9-12(17)16(13)7-5-6-8-19-11(3)4/h10-11,13H,5-9H2,1-4H3,(H,15,18). The molecule has 19 heavy (non-hydrogen) atoms. The van der Waals surface area contributed by atoms with E-state index in [9.17, 15) is 9.59 Å². The molecule has 0 spiro atoms. The number of carbonyl (C=O) groups is 2. The minimum absolute atomic E-state index is 0.0167. The lowest BCUT2D eigenvalue weighted by Crippen LogP contribution is -2.60. The maximum atomic E-state index is 11.9. The van der Waals surface area contributed by atoms with Crippen molar-refractivity contribution >= 4 is 11.8 Å². The maximum absolute atomic E-state index is 11.9. The zero-order valence-corrected chi connectivity index (χ0v) is 12.4. The molecule has 1 N–H and O–H groups in total. The average Bonchev–Trinajstić information content (AvgIpc) is 2.32. The van der Waals surface area contributed by atoms with Gasteiger partial charge in [-0.3, -0.25) is 9.59 Å². The Morgan fingerprint density at radius 3 is 2.53 bits per heavy atom. The molecule has 0 radical (unpaired) electrons. The molecule has 5 heteroatoms. The molecule has 110 valence electrons. The summed E-state index contributed by atoms with van der Waals surface area (Å²) in [5.41, 5.74) is 0. The van der Waals surface area contributed by atoms with E-state index in [1.807, 2.05) is 27.7 Å². The number of nitrogens with zero attached hydrogens (tertiary/aromatic N) is 1. The number of nitrogens with one attached hydrogen (secondary N) is 1. The van der Waals surface area contributed by atoms with Crippen LogP contribution in [-0.4, -0.2) is 48.6 Å². The second-order valence-electron chi connectivity index (χ2n) is 5.62.